The summed E-state index contributed by atoms with van der Waals surface area (Å²) >= 11 is 0. The van der Waals surface area contributed by atoms with E-state index < -0.39 is 0 Å². The summed E-state index contributed by atoms with van der Waals surface area (Å²) in [4.78, 5) is 11.7. The van der Waals surface area contributed by atoms with Gasteiger partial charge >= 0.3 is 0 Å². The van der Waals surface area contributed by atoms with Gasteiger partial charge in [-0.15, -0.1) is 12.4 Å². The molecule has 0 aromatic heterocycles. The summed E-state index contributed by atoms with van der Waals surface area (Å²) in [5.41, 5.74) is 5.63. The van der Waals surface area contributed by atoms with Gasteiger partial charge in [0.25, 0.3) is 0 Å². The Morgan fingerprint density at radius 1 is 1.48 bits per heavy atom. The second kappa shape index (κ2) is 8.85. The highest BCUT2D eigenvalue weighted by molar-refractivity contribution is 5.85. The maximum Gasteiger partial charge on any atom is 0.220 e. The second-order valence-corrected chi connectivity index (χ2v) is 5.16. The summed E-state index contributed by atoms with van der Waals surface area (Å²) < 4.78 is 18.3. The van der Waals surface area contributed by atoms with Crippen LogP contribution in [0.1, 0.15) is 25.7 Å². The molecule has 1 aromatic carbocycles. The van der Waals surface area contributed by atoms with Crippen molar-refractivity contribution in [1.82, 2.24) is 5.32 Å². The Bertz CT molecular complexity index is 455. The second-order valence-electron chi connectivity index (χ2n) is 5.16. The van der Waals surface area contributed by atoms with Crippen LogP contribution in [0.5, 0.6) is 5.75 Å². The minimum Gasteiger partial charge on any atom is -0.493 e. The molecule has 0 saturated heterocycles. The number of hydrogen-bond acceptors (Lipinski definition) is 3. The number of rotatable bonds is 8. The number of amides is 1. The van der Waals surface area contributed by atoms with Crippen LogP contribution in [0.3, 0.4) is 0 Å². The Hall–Kier alpha value is -1.33. The number of halogens is 2. The number of benzene rings is 1. The van der Waals surface area contributed by atoms with Crippen molar-refractivity contribution in [3.8, 4) is 5.75 Å². The van der Waals surface area contributed by atoms with Crippen LogP contribution < -0.4 is 15.8 Å². The SMILES string of the molecule is Cl.NCC(NC(=O)CCCOc1cccc(F)c1)C1CC1. The number of hydrogen-bond donors (Lipinski definition) is 2. The topological polar surface area (TPSA) is 64.3 Å². The third-order valence-electron chi connectivity index (χ3n) is 3.40. The van der Waals surface area contributed by atoms with E-state index in [1.165, 1.54) is 12.1 Å². The van der Waals surface area contributed by atoms with Crippen LogP contribution in [0.4, 0.5) is 4.39 Å². The molecule has 4 nitrogen and oxygen atoms in total. The van der Waals surface area contributed by atoms with Gasteiger partial charge in [-0.05, 0) is 37.3 Å². The minimum absolute atomic E-state index is 0. The van der Waals surface area contributed by atoms with Gasteiger partial charge in [0, 0.05) is 25.1 Å². The summed E-state index contributed by atoms with van der Waals surface area (Å²) in [6.07, 6.45) is 3.32. The molecule has 1 fully saturated rings. The molecule has 0 aliphatic heterocycles. The number of nitrogens with one attached hydrogen (secondary N) is 1. The zero-order valence-electron chi connectivity index (χ0n) is 11.9. The van der Waals surface area contributed by atoms with E-state index in [-0.39, 0.29) is 30.2 Å². The molecule has 1 aliphatic carbocycles. The Kier molecular flexibility index (Phi) is 7.47. The molecule has 0 heterocycles. The Morgan fingerprint density at radius 3 is 2.86 bits per heavy atom. The lowest BCUT2D eigenvalue weighted by atomic mass is 10.2. The van der Waals surface area contributed by atoms with Crippen molar-refractivity contribution in [3.63, 3.8) is 0 Å². The molecule has 1 saturated carbocycles. The normalized spacial score (nSPS) is 15.0. The van der Waals surface area contributed by atoms with Crippen LogP contribution >= 0.6 is 12.4 Å². The maximum absolute atomic E-state index is 12.9. The average molecular weight is 317 g/mol. The van der Waals surface area contributed by atoms with E-state index in [0.717, 1.165) is 12.8 Å². The molecule has 0 spiro atoms. The molecule has 3 N–H and O–H groups in total. The summed E-state index contributed by atoms with van der Waals surface area (Å²) in [6, 6.07) is 6.11. The highest BCUT2D eigenvalue weighted by Crippen LogP contribution is 2.32. The molecule has 118 valence electrons. The summed E-state index contributed by atoms with van der Waals surface area (Å²) in [7, 11) is 0. The number of ether oxygens (including phenoxy) is 1. The Morgan fingerprint density at radius 2 is 2.24 bits per heavy atom. The van der Waals surface area contributed by atoms with Crippen LogP contribution in [0.2, 0.25) is 0 Å². The molecule has 0 radical (unpaired) electrons. The first-order valence-electron chi connectivity index (χ1n) is 7.07. The van der Waals surface area contributed by atoms with Crippen molar-refractivity contribution in [3.05, 3.63) is 30.1 Å². The van der Waals surface area contributed by atoms with Gasteiger partial charge in [0.15, 0.2) is 0 Å². The van der Waals surface area contributed by atoms with Gasteiger partial charge in [-0.25, -0.2) is 4.39 Å². The standard InChI is InChI=1S/C15H21FN2O2.ClH/c16-12-3-1-4-13(9-12)20-8-2-5-15(19)18-14(10-17)11-6-7-11;/h1,3-4,9,11,14H,2,5-8,10,17H2,(H,18,19);1H. The number of carbonyl (C=O) groups is 1. The van der Waals surface area contributed by atoms with Crippen LogP contribution in [0.25, 0.3) is 0 Å². The van der Waals surface area contributed by atoms with Crippen LogP contribution in [-0.2, 0) is 4.79 Å². The lowest BCUT2D eigenvalue weighted by Gasteiger charge is -2.15. The van der Waals surface area contributed by atoms with E-state index in [1.807, 2.05) is 0 Å². The van der Waals surface area contributed by atoms with Gasteiger partial charge in [-0.3, -0.25) is 4.79 Å². The Balaban J connectivity index is 0.00000220. The predicted octanol–water partition coefficient (Wildman–Crippen LogP) is 2.26. The molecule has 1 aliphatic rings. The lowest BCUT2D eigenvalue weighted by molar-refractivity contribution is -0.122. The smallest absolute Gasteiger partial charge is 0.220 e. The van der Waals surface area contributed by atoms with E-state index in [1.54, 1.807) is 12.1 Å². The molecule has 1 unspecified atom stereocenters. The summed E-state index contributed by atoms with van der Waals surface area (Å²) in [6.45, 7) is 0.893. The highest BCUT2D eigenvalue weighted by Gasteiger charge is 2.30. The summed E-state index contributed by atoms with van der Waals surface area (Å²) in [5, 5.41) is 2.96. The number of carbonyl (C=O) groups excluding carboxylic acids is 1. The van der Waals surface area contributed by atoms with Crippen molar-refractivity contribution >= 4 is 18.3 Å². The summed E-state index contributed by atoms with van der Waals surface area (Å²) in [5.74, 6) is 0.737. The van der Waals surface area contributed by atoms with Gasteiger partial charge in [-0.2, -0.15) is 0 Å². The molecule has 1 aromatic rings. The largest absolute Gasteiger partial charge is 0.493 e. The molecule has 0 bridgehead atoms. The molecular weight excluding hydrogens is 295 g/mol. The highest BCUT2D eigenvalue weighted by atomic mass is 35.5. The molecular formula is C15H22ClFN2O2. The van der Waals surface area contributed by atoms with Crippen LogP contribution in [0.15, 0.2) is 24.3 Å². The van der Waals surface area contributed by atoms with Gasteiger partial charge in [0.1, 0.15) is 11.6 Å². The fraction of sp³-hybridized carbons (Fsp3) is 0.533. The van der Waals surface area contributed by atoms with E-state index >= 15 is 0 Å². The number of nitrogens with two attached hydrogens (primary N) is 1. The Labute approximate surface area is 130 Å². The molecule has 2 rings (SSSR count). The maximum atomic E-state index is 12.9. The molecule has 6 heteroatoms. The average Bonchev–Trinajstić information content (AvgIpc) is 3.25. The third kappa shape index (κ3) is 6.31. The molecule has 1 atom stereocenters. The van der Waals surface area contributed by atoms with Crippen molar-refractivity contribution < 1.29 is 13.9 Å². The molecule has 1 amide bonds. The first kappa shape index (κ1) is 17.7. The first-order valence-corrected chi connectivity index (χ1v) is 7.07. The quantitative estimate of drug-likeness (QED) is 0.723. The fourth-order valence-corrected chi connectivity index (χ4v) is 2.13. The zero-order valence-corrected chi connectivity index (χ0v) is 12.7. The van der Waals surface area contributed by atoms with Crippen LogP contribution in [0, 0.1) is 11.7 Å². The third-order valence-corrected chi connectivity index (χ3v) is 3.40. The fourth-order valence-electron chi connectivity index (χ4n) is 2.13. The van der Waals surface area contributed by atoms with Gasteiger partial charge in [0.05, 0.1) is 6.61 Å². The molecule has 21 heavy (non-hydrogen) atoms. The van der Waals surface area contributed by atoms with Crippen molar-refractivity contribution in [1.29, 1.82) is 0 Å². The van der Waals surface area contributed by atoms with Crippen molar-refractivity contribution in [2.75, 3.05) is 13.2 Å². The monoisotopic (exact) mass is 316 g/mol. The van der Waals surface area contributed by atoms with Crippen molar-refractivity contribution in [2.45, 2.75) is 31.7 Å². The predicted molar refractivity (Wildman–Crippen MR) is 82.1 cm³/mol. The van der Waals surface area contributed by atoms with Crippen molar-refractivity contribution in [2.24, 2.45) is 11.7 Å². The minimum atomic E-state index is -0.324. The first-order chi connectivity index (χ1) is 9.69. The zero-order chi connectivity index (χ0) is 14.4. The van der Waals surface area contributed by atoms with E-state index in [2.05, 4.69) is 5.32 Å². The van der Waals surface area contributed by atoms with E-state index in [4.69, 9.17) is 10.5 Å². The van der Waals surface area contributed by atoms with Crippen LogP contribution in [-0.4, -0.2) is 25.1 Å². The van der Waals surface area contributed by atoms with E-state index in [0.29, 0.717) is 37.7 Å². The van der Waals surface area contributed by atoms with Gasteiger partial charge in [0.2, 0.25) is 5.91 Å². The lowest BCUT2D eigenvalue weighted by Crippen LogP contribution is -2.41. The van der Waals surface area contributed by atoms with Gasteiger partial charge in [-0.1, -0.05) is 6.07 Å². The van der Waals surface area contributed by atoms with E-state index in [9.17, 15) is 9.18 Å². The van der Waals surface area contributed by atoms with Gasteiger partial charge < -0.3 is 15.8 Å².